The maximum absolute atomic E-state index is 12.5. The molecule has 0 aromatic rings. The topological polar surface area (TPSA) is 46.3 Å². The summed E-state index contributed by atoms with van der Waals surface area (Å²) >= 11 is 0. The zero-order chi connectivity index (χ0) is 13.8. The summed E-state index contributed by atoms with van der Waals surface area (Å²) in [6.07, 6.45) is 9.85. The zero-order valence-electron chi connectivity index (χ0n) is 12.6. The fourth-order valence-electron chi connectivity index (χ4n) is 3.27. The van der Waals surface area contributed by atoms with Crippen LogP contribution in [-0.4, -0.2) is 29.4 Å². The Kier molecular flexibility index (Phi) is 5.26. The Morgan fingerprint density at radius 3 is 2.32 bits per heavy atom. The number of carbonyl (C=O) groups is 1. The smallest absolute Gasteiger partial charge is 0.239 e. The quantitative estimate of drug-likeness (QED) is 0.803. The molecule has 0 bridgehead atoms. The van der Waals surface area contributed by atoms with Crippen LogP contribution in [0.15, 0.2) is 0 Å². The van der Waals surface area contributed by atoms with E-state index in [0.29, 0.717) is 12.0 Å². The number of hydrogen-bond acceptors (Lipinski definition) is 2. The molecule has 2 saturated carbocycles. The van der Waals surface area contributed by atoms with Crippen LogP contribution in [-0.2, 0) is 4.79 Å². The lowest BCUT2D eigenvalue weighted by Crippen LogP contribution is -2.47. The van der Waals surface area contributed by atoms with Crippen molar-refractivity contribution in [3.8, 4) is 0 Å². The largest absolute Gasteiger partial charge is 0.338 e. The number of hydrogen-bond donors (Lipinski definition) is 1. The lowest BCUT2D eigenvalue weighted by molar-refractivity contribution is -0.134. The number of nitrogens with zero attached hydrogens (tertiary/aromatic N) is 1. The van der Waals surface area contributed by atoms with Crippen LogP contribution in [0, 0.1) is 11.8 Å². The third kappa shape index (κ3) is 4.48. The first-order chi connectivity index (χ1) is 9.08. The Hall–Kier alpha value is -0.570. The molecule has 0 radical (unpaired) electrons. The van der Waals surface area contributed by atoms with Crippen LogP contribution in [0.4, 0.5) is 0 Å². The van der Waals surface area contributed by atoms with Gasteiger partial charge in [-0.2, -0.15) is 0 Å². The molecule has 3 nitrogen and oxygen atoms in total. The summed E-state index contributed by atoms with van der Waals surface area (Å²) in [7, 11) is 0. The zero-order valence-corrected chi connectivity index (χ0v) is 12.6. The first kappa shape index (κ1) is 14.8. The Balaban J connectivity index is 1.89. The predicted octanol–water partition coefficient (Wildman–Crippen LogP) is 2.93. The second kappa shape index (κ2) is 6.74. The van der Waals surface area contributed by atoms with Crippen molar-refractivity contribution in [3.63, 3.8) is 0 Å². The highest BCUT2D eigenvalue weighted by Crippen LogP contribution is 2.32. The highest BCUT2D eigenvalue weighted by Gasteiger charge is 2.36. The van der Waals surface area contributed by atoms with Crippen molar-refractivity contribution in [3.05, 3.63) is 0 Å². The van der Waals surface area contributed by atoms with Gasteiger partial charge < -0.3 is 10.6 Å². The van der Waals surface area contributed by atoms with Gasteiger partial charge in [-0.05, 0) is 43.9 Å². The predicted molar refractivity (Wildman–Crippen MR) is 78.7 cm³/mol. The monoisotopic (exact) mass is 266 g/mol. The molecule has 2 aliphatic carbocycles. The molecular formula is C16H30N2O. The van der Waals surface area contributed by atoms with Crippen LogP contribution in [0.2, 0.25) is 0 Å². The van der Waals surface area contributed by atoms with Gasteiger partial charge in [0.25, 0.3) is 0 Å². The van der Waals surface area contributed by atoms with Crippen molar-refractivity contribution < 1.29 is 4.79 Å². The molecule has 0 aromatic carbocycles. The molecule has 1 atom stereocenters. The van der Waals surface area contributed by atoms with Gasteiger partial charge in [0.1, 0.15) is 0 Å². The van der Waals surface area contributed by atoms with E-state index < -0.39 is 0 Å². The number of nitrogens with two attached hydrogens (primary N) is 1. The van der Waals surface area contributed by atoms with E-state index in [9.17, 15) is 4.79 Å². The van der Waals surface area contributed by atoms with Crippen LogP contribution in [0.25, 0.3) is 0 Å². The Labute approximate surface area is 117 Å². The molecule has 2 aliphatic rings. The fraction of sp³-hybridized carbons (Fsp3) is 0.938. The number of rotatable bonds is 6. The van der Waals surface area contributed by atoms with E-state index in [0.717, 1.165) is 18.9 Å². The molecule has 0 saturated heterocycles. The molecule has 0 aromatic heterocycles. The standard InChI is InChI=1S/C16H30N2O/c1-12(2)10-15(17)16(19)18(14-8-9-14)11-13-6-4-3-5-7-13/h12-15H,3-11,17H2,1-2H3/t15-/m1/s1. The summed E-state index contributed by atoms with van der Waals surface area (Å²) in [6, 6.07) is 0.219. The van der Waals surface area contributed by atoms with Gasteiger partial charge in [-0.1, -0.05) is 33.1 Å². The molecule has 19 heavy (non-hydrogen) atoms. The van der Waals surface area contributed by atoms with Gasteiger partial charge in [0.15, 0.2) is 0 Å². The van der Waals surface area contributed by atoms with Crippen LogP contribution in [0.5, 0.6) is 0 Å². The van der Waals surface area contributed by atoms with E-state index in [1.807, 2.05) is 0 Å². The summed E-state index contributed by atoms with van der Waals surface area (Å²) in [5.74, 6) is 1.43. The van der Waals surface area contributed by atoms with Crippen LogP contribution in [0.1, 0.15) is 65.2 Å². The highest BCUT2D eigenvalue weighted by atomic mass is 16.2. The number of amides is 1. The molecule has 0 unspecified atom stereocenters. The first-order valence-corrected chi connectivity index (χ1v) is 8.14. The van der Waals surface area contributed by atoms with Gasteiger partial charge in [0.2, 0.25) is 5.91 Å². The average molecular weight is 266 g/mol. The van der Waals surface area contributed by atoms with Crippen molar-refractivity contribution in [2.45, 2.75) is 77.3 Å². The first-order valence-electron chi connectivity index (χ1n) is 8.14. The van der Waals surface area contributed by atoms with Crippen LogP contribution in [0.3, 0.4) is 0 Å². The lowest BCUT2D eigenvalue weighted by atomic mass is 9.88. The van der Waals surface area contributed by atoms with Crippen molar-refractivity contribution in [1.82, 2.24) is 4.90 Å². The van der Waals surface area contributed by atoms with Crippen molar-refractivity contribution in [2.75, 3.05) is 6.54 Å². The minimum atomic E-state index is -0.288. The molecule has 2 rings (SSSR count). The Morgan fingerprint density at radius 2 is 1.79 bits per heavy atom. The van der Waals surface area contributed by atoms with Crippen molar-refractivity contribution in [2.24, 2.45) is 17.6 Å². The highest BCUT2D eigenvalue weighted by molar-refractivity contribution is 5.82. The summed E-state index contributed by atoms with van der Waals surface area (Å²) in [5.41, 5.74) is 6.10. The second-order valence-corrected chi connectivity index (χ2v) is 6.96. The maximum atomic E-state index is 12.5. The third-order valence-corrected chi connectivity index (χ3v) is 4.49. The lowest BCUT2D eigenvalue weighted by Gasteiger charge is -2.32. The van der Waals surface area contributed by atoms with E-state index in [4.69, 9.17) is 5.73 Å². The van der Waals surface area contributed by atoms with E-state index >= 15 is 0 Å². The molecule has 0 heterocycles. The molecule has 2 fully saturated rings. The summed E-state index contributed by atoms with van der Waals surface area (Å²) in [5, 5.41) is 0. The second-order valence-electron chi connectivity index (χ2n) is 6.96. The molecule has 1 amide bonds. The molecule has 0 aliphatic heterocycles. The molecular weight excluding hydrogens is 236 g/mol. The SMILES string of the molecule is CC(C)C[C@@H](N)C(=O)N(CC1CCCCC1)C1CC1. The van der Waals surface area contributed by atoms with E-state index in [-0.39, 0.29) is 11.9 Å². The molecule has 2 N–H and O–H groups in total. The minimum Gasteiger partial charge on any atom is -0.338 e. The van der Waals surface area contributed by atoms with Gasteiger partial charge in [-0.3, -0.25) is 4.79 Å². The normalized spacial score (nSPS) is 22.5. The van der Waals surface area contributed by atoms with Crippen molar-refractivity contribution in [1.29, 1.82) is 0 Å². The van der Waals surface area contributed by atoms with Gasteiger partial charge in [-0.25, -0.2) is 0 Å². The fourth-order valence-corrected chi connectivity index (χ4v) is 3.27. The van der Waals surface area contributed by atoms with Gasteiger partial charge >= 0.3 is 0 Å². The van der Waals surface area contributed by atoms with E-state index in [1.165, 1.54) is 44.9 Å². The molecule has 3 heteroatoms. The number of carbonyl (C=O) groups excluding carboxylic acids is 1. The Morgan fingerprint density at radius 1 is 1.16 bits per heavy atom. The maximum Gasteiger partial charge on any atom is 0.239 e. The van der Waals surface area contributed by atoms with Crippen molar-refractivity contribution >= 4 is 5.91 Å². The summed E-state index contributed by atoms with van der Waals surface area (Å²) < 4.78 is 0. The average Bonchev–Trinajstić information content (AvgIpc) is 3.20. The van der Waals surface area contributed by atoms with Gasteiger partial charge in [-0.15, -0.1) is 0 Å². The third-order valence-electron chi connectivity index (χ3n) is 4.49. The summed E-state index contributed by atoms with van der Waals surface area (Å²) in [4.78, 5) is 14.7. The van der Waals surface area contributed by atoms with Gasteiger partial charge in [0, 0.05) is 12.6 Å². The minimum absolute atomic E-state index is 0.210. The molecule has 0 spiro atoms. The van der Waals surface area contributed by atoms with E-state index in [1.54, 1.807) is 0 Å². The Bertz CT molecular complexity index is 293. The van der Waals surface area contributed by atoms with Crippen LogP contribution < -0.4 is 5.73 Å². The molecule has 110 valence electrons. The van der Waals surface area contributed by atoms with Crippen LogP contribution >= 0.6 is 0 Å². The van der Waals surface area contributed by atoms with E-state index in [2.05, 4.69) is 18.7 Å². The summed E-state index contributed by atoms with van der Waals surface area (Å²) in [6.45, 7) is 5.24. The van der Waals surface area contributed by atoms with Gasteiger partial charge in [0.05, 0.1) is 6.04 Å².